The summed E-state index contributed by atoms with van der Waals surface area (Å²) in [6.45, 7) is 20.9. The van der Waals surface area contributed by atoms with Crippen LogP contribution in [0.1, 0.15) is 266 Å². The number of aromatic nitrogens is 9. The summed E-state index contributed by atoms with van der Waals surface area (Å²) in [6, 6.07) is 30.5. The number of piperidine rings is 3. The standard InChI is InChI=1S/C31H35ClN4O3.2C30H35ClN4O3.CH4/c1-31(2,3)39-30(38)36-14-11-20(12-15-36)28-24-9-8-23(32)17-22(24)16-21(25-6-5-13-33-29(25)28)7-10-27(37)26-18-35(4)19-34-26;2*1-30(2,3)38-29(37)35-13-10-19(11-14-35)27-23-8-7-22(31)16-21(23)15-20(24-5-4-12-33-28(24)27)6-9-26(36)25-17-32-18-34-25;/h5-6,8-9,13,16-20,28H,7,10-12,14-15H2,1-4H3;2*4-5,7-8,12,15-19,26-27,36H,6,9-11,13-14H2,1-3H3,(H,32,34);1H4. The van der Waals surface area contributed by atoms with Gasteiger partial charge in [0.25, 0.3) is 0 Å². The van der Waals surface area contributed by atoms with E-state index in [0.29, 0.717) is 128 Å². The molecule has 3 fully saturated rings. The molecular weight excluding hydrogens is 1520 g/mol. The molecule has 116 heavy (non-hydrogen) atoms. The van der Waals surface area contributed by atoms with E-state index in [9.17, 15) is 29.4 Å². The van der Waals surface area contributed by atoms with Gasteiger partial charge < -0.3 is 53.7 Å². The van der Waals surface area contributed by atoms with Crippen LogP contribution in [-0.2, 0) is 21.3 Å². The Kier molecular flexibility index (Phi) is 27.5. The number of aryl methyl sites for hydroxylation is 1. The number of allylic oxidation sites excluding steroid dienone is 3. The molecule has 612 valence electrons. The zero-order valence-corrected chi connectivity index (χ0v) is 69.6. The van der Waals surface area contributed by atoms with E-state index in [-0.39, 0.29) is 49.2 Å². The van der Waals surface area contributed by atoms with Gasteiger partial charge in [0.15, 0.2) is 5.78 Å². The summed E-state index contributed by atoms with van der Waals surface area (Å²) in [5, 5.41) is 23.5. The number of imidazole rings is 3. The van der Waals surface area contributed by atoms with Gasteiger partial charge in [-0.15, -0.1) is 0 Å². The summed E-state index contributed by atoms with van der Waals surface area (Å²) >= 11 is 19.4. The molecule has 3 aliphatic heterocycles. The molecule has 9 aromatic rings. The maximum Gasteiger partial charge on any atom is 0.410 e. The van der Waals surface area contributed by atoms with Crippen LogP contribution in [-0.4, -0.2) is 149 Å². The molecule has 0 radical (unpaired) electrons. The van der Waals surface area contributed by atoms with Gasteiger partial charge in [0.05, 0.1) is 72.1 Å². The smallest absolute Gasteiger partial charge is 0.410 e. The normalized spacial score (nSPS) is 18.2. The van der Waals surface area contributed by atoms with Crippen LogP contribution in [0.3, 0.4) is 0 Å². The van der Waals surface area contributed by atoms with Crippen LogP contribution in [0.4, 0.5) is 14.4 Å². The van der Waals surface area contributed by atoms with Crippen LogP contribution >= 0.6 is 34.8 Å². The lowest BCUT2D eigenvalue weighted by Crippen LogP contribution is -2.42. The van der Waals surface area contributed by atoms with E-state index >= 15 is 0 Å². The van der Waals surface area contributed by atoms with E-state index in [0.717, 1.165) is 106 Å². The van der Waals surface area contributed by atoms with Gasteiger partial charge in [-0.2, -0.15) is 0 Å². The second kappa shape index (κ2) is 37.2. The predicted molar refractivity (Wildman–Crippen MR) is 457 cm³/mol. The number of aliphatic hydroxyl groups is 2. The third-order valence-electron chi connectivity index (χ3n) is 22.3. The number of hydrogen-bond acceptors (Lipinski definition) is 15. The number of amides is 3. The number of ketones is 1. The number of ether oxygens (including phenoxy) is 3. The Morgan fingerprint density at radius 1 is 0.483 bits per heavy atom. The van der Waals surface area contributed by atoms with Crippen molar-refractivity contribution in [3.8, 4) is 0 Å². The molecule has 0 spiro atoms. The van der Waals surface area contributed by atoms with Crippen LogP contribution in [0.5, 0.6) is 0 Å². The lowest BCUT2D eigenvalue weighted by Gasteiger charge is -2.37. The van der Waals surface area contributed by atoms with Crippen molar-refractivity contribution in [1.82, 2.24) is 59.1 Å². The number of pyridine rings is 3. The average Bonchev–Trinajstić information content (AvgIpc) is 1.60. The molecule has 0 bridgehead atoms. The first-order valence-electron chi connectivity index (χ1n) is 40.1. The Bertz CT molecular complexity index is 4810. The number of nitrogens with zero attached hydrogens (tertiary/aromatic N) is 10. The molecule has 9 heterocycles. The number of likely N-dealkylation sites (tertiary alicyclic amines) is 3. The van der Waals surface area contributed by atoms with Gasteiger partial charge >= 0.3 is 18.3 Å². The Labute approximate surface area is 696 Å². The van der Waals surface area contributed by atoms with Crippen molar-refractivity contribution in [3.63, 3.8) is 0 Å². The van der Waals surface area contributed by atoms with E-state index in [1.807, 2.05) is 157 Å². The highest BCUT2D eigenvalue weighted by Crippen LogP contribution is 2.50. The number of nitrogens with one attached hydrogen (secondary N) is 2. The number of benzene rings is 3. The topological polar surface area (TPSA) is 260 Å². The van der Waals surface area contributed by atoms with Crippen molar-refractivity contribution in [2.75, 3.05) is 39.3 Å². The Morgan fingerprint density at radius 2 is 0.810 bits per heavy atom. The molecule has 5 unspecified atom stereocenters. The largest absolute Gasteiger partial charge is 0.444 e. The zero-order valence-electron chi connectivity index (χ0n) is 67.3. The second-order valence-electron chi connectivity index (χ2n) is 34.0. The van der Waals surface area contributed by atoms with Gasteiger partial charge in [-0.25, -0.2) is 29.3 Å². The molecular formula is C92H109Cl3N12O9. The quantitative estimate of drug-likeness (QED) is 0.0549. The third kappa shape index (κ3) is 21.1. The lowest BCUT2D eigenvalue weighted by molar-refractivity contribution is 0.0167. The molecule has 4 N–H and O–H groups in total. The number of fused-ring (bicyclic) bond motifs is 6. The lowest BCUT2D eigenvalue weighted by atomic mass is 9.76. The van der Waals surface area contributed by atoms with Gasteiger partial charge in [-0.05, 0) is 272 Å². The van der Waals surface area contributed by atoms with Gasteiger partial charge in [-0.1, -0.05) is 96.9 Å². The molecule has 24 heteroatoms. The summed E-state index contributed by atoms with van der Waals surface area (Å²) in [5.74, 6) is 1.13. The number of Topliss-reactive ketones (excluding diaryl/α,β-unsaturated/α-hetero) is 1. The Hall–Kier alpha value is -9.77. The van der Waals surface area contributed by atoms with Gasteiger partial charge in [-0.3, -0.25) is 19.7 Å². The maximum atomic E-state index is 12.9. The minimum atomic E-state index is -0.631. The van der Waals surface area contributed by atoms with Crippen molar-refractivity contribution < 1.29 is 43.6 Å². The zero-order chi connectivity index (χ0) is 81.5. The summed E-state index contributed by atoms with van der Waals surface area (Å²) in [6.07, 6.45) is 28.5. The predicted octanol–water partition coefficient (Wildman–Crippen LogP) is 20.6. The van der Waals surface area contributed by atoms with Crippen molar-refractivity contribution in [1.29, 1.82) is 0 Å². The number of aliphatic hydroxyl groups excluding tert-OH is 2. The number of rotatable bonds is 15. The van der Waals surface area contributed by atoms with E-state index in [1.165, 1.54) is 16.7 Å². The highest BCUT2D eigenvalue weighted by molar-refractivity contribution is 6.31. The number of carbonyl (C=O) groups is 4. The van der Waals surface area contributed by atoms with Crippen molar-refractivity contribution in [2.24, 2.45) is 24.8 Å². The van der Waals surface area contributed by atoms with Crippen molar-refractivity contribution in [2.45, 2.75) is 194 Å². The van der Waals surface area contributed by atoms with Crippen molar-refractivity contribution in [3.05, 3.63) is 246 Å². The molecule has 3 amide bonds. The first-order valence-corrected chi connectivity index (χ1v) is 41.2. The van der Waals surface area contributed by atoms with Crippen LogP contribution < -0.4 is 0 Å². The van der Waals surface area contributed by atoms with Gasteiger partial charge in [0.2, 0.25) is 0 Å². The SMILES string of the molecule is C.CC(C)(C)OC(=O)N1CCC(C2c3ccc(Cl)cc3C=C(CCC(O)c3cnc[nH]3)c3cccnc32)CC1.CC(C)(C)OC(=O)N1CCC(C2c3ccc(Cl)cc3C=C(CCC(O)c3cnc[nH]3)c3cccnc32)CC1.Cn1cnc(C(=O)CCC2=Cc3cc(Cl)ccc3C(C3CCN(C(=O)OC(C)(C)C)CC3)c3ncccc32)c1. The summed E-state index contributed by atoms with van der Waals surface area (Å²) in [4.78, 5) is 89.5. The van der Waals surface area contributed by atoms with Crippen LogP contribution in [0.2, 0.25) is 15.1 Å². The Morgan fingerprint density at radius 3 is 1.10 bits per heavy atom. The summed E-state index contributed by atoms with van der Waals surface area (Å²) in [7, 11) is 1.86. The summed E-state index contributed by atoms with van der Waals surface area (Å²) < 4.78 is 18.6. The highest BCUT2D eigenvalue weighted by atomic mass is 35.5. The first-order chi connectivity index (χ1) is 55.0. The molecule has 3 saturated heterocycles. The van der Waals surface area contributed by atoms with Crippen LogP contribution in [0.15, 0.2) is 147 Å². The first kappa shape index (κ1) is 85.6. The summed E-state index contributed by atoms with van der Waals surface area (Å²) in [5.41, 5.74) is 16.9. The van der Waals surface area contributed by atoms with E-state index in [2.05, 4.69) is 79.5 Å². The fourth-order valence-electron chi connectivity index (χ4n) is 16.9. The Balaban J connectivity index is 0.000000160. The van der Waals surface area contributed by atoms with E-state index in [4.69, 9.17) is 64.0 Å². The van der Waals surface area contributed by atoms with E-state index in [1.54, 1.807) is 42.1 Å². The molecule has 6 aromatic heterocycles. The van der Waals surface area contributed by atoms with Gasteiger partial charge in [0.1, 0.15) is 22.5 Å². The van der Waals surface area contributed by atoms with Crippen molar-refractivity contribution >= 4 is 93.8 Å². The average molecular weight is 1630 g/mol. The molecule has 3 aliphatic carbocycles. The van der Waals surface area contributed by atoms with Crippen LogP contribution in [0.25, 0.3) is 34.9 Å². The number of hydrogen-bond donors (Lipinski definition) is 4. The molecule has 21 nitrogen and oxygen atoms in total. The molecule has 15 rings (SSSR count). The minimum Gasteiger partial charge on any atom is -0.444 e. The maximum absolute atomic E-state index is 12.9. The number of aromatic amines is 2. The second-order valence-corrected chi connectivity index (χ2v) is 35.3. The van der Waals surface area contributed by atoms with E-state index < -0.39 is 29.0 Å². The number of halogens is 3. The molecule has 6 aliphatic rings. The number of H-pyrrole nitrogens is 2. The fraction of sp³-hybridized carbons (Fsp3) is 0.435. The molecule has 5 atom stereocenters. The highest BCUT2D eigenvalue weighted by Gasteiger charge is 2.41. The minimum absolute atomic E-state index is 0. The van der Waals surface area contributed by atoms with Crippen LogP contribution in [0, 0.1) is 17.8 Å². The fourth-order valence-corrected chi connectivity index (χ4v) is 17.5. The third-order valence-corrected chi connectivity index (χ3v) is 23.0. The number of carbonyl (C=O) groups excluding carboxylic acids is 4. The monoisotopic (exact) mass is 1630 g/mol. The van der Waals surface area contributed by atoms with Gasteiger partial charge in [0, 0.05) is 110 Å². The molecule has 3 aromatic carbocycles. The molecule has 0 saturated carbocycles.